The maximum absolute atomic E-state index is 12.7. The molecule has 22 heavy (non-hydrogen) atoms. The Balaban J connectivity index is 1.91. The summed E-state index contributed by atoms with van der Waals surface area (Å²) < 4.78 is 17.6. The minimum Gasteiger partial charge on any atom is -0.452 e. The van der Waals surface area contributed by atoms with Gasteiger partial charge in [0.25, 0.3) is 5.91 Å². The molecule has 0 heterocycles. The molecule has 0 aliphatic rings. The van der Waals surface area contributed by atoms with Crippen molar-refractivity contribution in [1.29, 1.82) is 5.26 Å². The highest BCUT2D eigenvalue weighted by molar-refractivity contribution is 5.96. The van der Waals surface area contributed by atoms with Crippen LogP contribution in [0.1, 0.15) is 15.9 Å². The fraction of sp³-hybridized carbons (Fsp3) is 0.0625. The third-order valence-electron chi connectivity index (χ3n) is 2.74. The first-order chi connectivity index (χ1) is 10.6. The summed E-state index contributed by atoms with van der Waals surface area (Å²) in [5, 5.41) is 11.4. The van der Waals surface area contributed by atoms with Crippen molar-refractivity contribution in [1.82, 2.24) is 0 Å². The van der Waals surface area contributed by atoms with Gasteiger partial charge in [0.05, 0.1) is 16.8 Å². The van der Waals surface area contributed by atoms with Crippen molar-refractivity contribution in [3.8, 4) is 6.07 Å². The summed E-state index contributed by atoms with van der Waals surface area (Å²) >= 11 is 0. The molecular weight excluding hydrogens is 287 g/mol. The fourth-order valence-corrected chi connectivity index (χ4v) is 1.68. The molecule has 2 rings (SSSR count). The lowest BCUT2D eigenvalue weighted by Gasteiger charge is -2.07. The zero-order chi connectivity index (χ0) is 15.9. The number of para-hydroxylation sites is 1. The minimum absolute atomic E-state index is 0.145. The number of rotatable bonds is 4. The van der Waals surface area contributed by atoms with Crippen LogP contribution >= 0.6 is 0 Å². The molecule has 110 valence electrons. The smallest absolute Gasteiger partial charge is 0.338 e. The molecule has 1 amide bonds. The predicted molar refractivity (Wildman–Crippen MR) is 76.5 cm³/mol. The molecule has 0 spiro atoms. The SMILES string of the molecule is N#Cc1ccccc1NC(=O)COC(=O)c1ccc(F)cc1. The van der Waals surface area contributed by atoms with Gasteiger partial charge >= 0.3 is 5.97 Å². The standard InChI is InChI=1S/C16H11FN2O3/c17-13-7-5-11(6-8-13)16(21)22-10-15(20)19-14-4-2-1-3-12(14)9-18/h1-8H,10H2,(H,19,20). The van der Waals surface area contributed by atoms with Crippen LogP contribution in [0.3, 0.4) is 0 Å². The maximum atomic E-state index is 12.7. The summed E-state index contributed by atoms with van der Waals surface area (Å²) in [4.78, 5) is 23.4. The summed E-state index contributed by atoms with van der Waals surface area (Å²) in [6.07, 6.45) is 0. The van der Waals surface area contributed by atoms with Crippen LogP contribution in [-0.4, -0.2) is 18.5 Å². The number of anilines is 1. The van der Waals surface area contributed by atoms with Gasteiger partial charge in [-0.3, -0.25) is 4.79 Å². The largest absolute Gasteiger partial charge is 0.452 e. The zero-order valence-corrected chi connectivity index (χ0v) is 11.4. The van der Waals surface area contributed by atoms with Crippen LogP contribution in [0.25, 0.3) is 0 Å². The van der Waals surface area contributed by atoms with Gasteiger partial charge in [-0.15, -0.1) is 0 Å². The molecule has 2 aromatic rings. The van der Waals surface area contributed by atoms with Crippen molar-refractivity contribution in [2.24, 2.45) is 0 Å². The summed E-state index contributed by atoms with van der Waals surface area (Å²) in [6.45, 7) is -0.504. The van der Waals surface area contributed by atoms with E-state index in [0.717, 1.165) is 12.1 Å². The molecule has 0 radical (unpaired) electrons. The van der Waals surface area contributed by atoms with Gasteiger partial charge in [0, 0.05) is 0 Å². The molecule has 0 bridgehead atoms. The second-order valence-electron chi connectivity index (χ2n) is 4.29. The van der Waals surface area contributed by atoms with Crippen molar-refractivity contribution >= 4 is 17.6 Å². The Labute approximate surface area is 125 Å². The average molecular weight is 298 g/mol. The molecule has 1 N–H and O–H groups in total. The van der Waals surface area contributed by atoms with Gasteiger partial charge in [0.1, 0.15) is 11.9 Å². The molecule has 0 aliphatic carbocycles. The van der Waals surface area contributed by atoms with E-state index in [9.17, 15) is 14.0 Å². The molecule has 0 aromatic heterocycles. The number of esters is 1. The molecule has 2 aromatic carbocycles. The van der Waals surface area contributed by atoms with Crippen molar-refractivity contribution < 1.29 is 18.7 Å². The van der Waals surface area contributed by atoms with Crippen molar-refractivity contribution in [3.63, 3.8) is 0 Å². The lowest BCUT2D eigenvalue weighted by Crippen LogP contribution is -2.21. The number of ether oxygens (including phenoxy) is 1. The first kappa shape index (κ1) is 15.2. The van der Waals surface area contributed by atoms with Crippen molar-refractivity contribution in [3.05, 3.63) is 65.5 Å². The highest BCUT2D eigenvalue weighted by Gasteiger charge is 2.11. The van der Waals surface area contributed by atoms with E-state index in [1.165, 1.54) is 12.1 Å². The van der Waals surface area contributed by atoms with Crippen molar-refractivity contribution in [2.45, 2.75) is 0 Å². The van der Waals surface area contributed by atoms with Gasteiger partial charge in [0.2, 0.25) is 0 Å². The Morgan fingerprint density at radius 2 is 1.82 bits per heavy atom. The Morgan fingerprint density at radius 3 is 2.50 bits per heavy atom. The maximum Gasteiger partial charge on any atom is 0.338 e. The Hall–Kier alpha value is -3.20. The topological polar surface area (TPSA) is 79.2 Å². The van der Waals surface area contributed by atoms with Crippen LogP contribution in [0.4, 0.5) is 10.1 Å². The van der Waals surface area contributed by atoms with Gasteiger partial charge in [-0.2, -0.15) is 5.26 Å². The van der Waals surface area contributed by atoms with Crippen molar-refractivity contribution in [2.75, 3.05) is 11.9 Å². The van der Waals surface area contributed by atoms with E-state index >= 15 is 0 Å². The molecule has 6 heteroatoms. The number of carbonyl (C=O) groups excluding carboxylic acids is 2. The van der Waals surface area contributed by atoms with E-state index in [1.54, 1.807) is 24.3 Å². The van der Waals surface area contributed by atoms with Crippen LogP contribution < -0.4 is 5.32 Å². The number of halogens is 1. The second-order valence-corrected chi connectivity index (χ2v) is 4.29. The highest BCUT2D eigenvalue weighted by atomic mass is 19.1. The quantitative estimate of drug-likeness (QED) is 0.879. The third kappa shape index (κ3) is 3.90. The first-order valence-corrected chi connectivity index (χ1v) is 6.32. The van der Waals surface area contributed by atoms with E-state index in [0.29, 0.717) is 11.3 Å². The van der Waals surface area contributed by atoms with Gasteiger partial charge in [-0.1, -0.05) is 12.1 Å². The number of nitriles is 1. The number of benzene rings is 2. The molecule has 0 saturated heterocycles. The normalized spacial score (nSPS) is 9.64. The lowest BCUT2D eigenvalue weighted by atomic mass is 10.2. The minimum atomic E-state index is -0.733. The number of nitrogens with one attached hydrogen (secondary N) is 1. The van der Waals surface area contributed by atoms with Crippen LogP contribution in [0.15, 0.2) is 48.5 Å². The number of hydrogen-bond acceptors (Lipinski definition) is 4. The van der Waals surface area contributed by atoms with Crippen LogP contribution in [0, 0.1) is 17.1 Å². The molecule has 0 unspecified atom stereocenters. The van der Waals surface area contributed by atoms with Gasteiger partial charge in [-0.25, -0.2) is 9.18 Å². The predicted octanol–water partition coefficient (Wildman–Crippen LogP) is 2.49. The Morgan fingerprint density at radius 1 is 1.14 bits per heavy atom. The van der Waals surface area contributed by atoms with Gasteiger partial charge in [-0.05, 0) is 36.4 Å². The van der Waals surface area contributed by atoms with E-state index < -0.39 is 24.3 Å². The zero-order valence-electron chi connectivity index (χ0n) is 11.4. The Bertz CT molecular complexity index is 736. The summed E-state index contributed by atoms with van der Waals surface area (Å²) in [6, 6.07) is 13.2. The molecule has 5 nitrogen and oxygen atoms in total. The van der Waals surface area contributed by atoms with E-state index in [2.05, 4.69) is 5.32 Å². The molecule has 0 fully saturated rings. The van der Waals surface area contributed by atoms with E-state index in [4.69, 9.17) is 10.00 Å². The van der Waals surface area contributed by atoms with Crippen LogP contribution in [0.2, 0.25) is 0 Å². The monoisotopic (exact) mass is 298 g/mol. The molecule has 0 aliphatic heterocycles. The summed E-state index contributed by atoms with van der Waals surface area (Å²) in [5.74, 6) is -1.77. The van der Waals surface area contributed by atoms with E-state index in [1.807, 2.05) is 6.07 Å². The van der Waals surface area contributed by atoms with Gasteiger partial charge in [0.15, 0.2) is 6.61 Å². The number of amides is 1. The van der Waals surface area contributed by atoms with Crippen LogP contribution in [-0.2, 0) is 9.53 Å². The molecular formula is C16H11FN2O3. The number of nitrogens with zero attached hydrogens (tertiary/aromatic N) is 1. The number of carbonyl (C=O) groups is 2. The van der Waals surface area contributed by atoms with Gasteiger partial charge < -0.3 is 10.1 Å². The summed E-state index contributed by atoms with van der Waals surface area (Å²) in [7, 11) is 0. The number of hydrogen-bond donors (Lipinski definition) is 1. The second kappa shape index (κ2) is 6.99. The lowest BCUT2D eigenvalue weighted by molar-refractivity contribution is -0.119. The average Bonchev–Trinajstić information content (AvgIpc) is 2.54. The highest BCUT2D eigenvalue weighted by Crippen LogP contribution is 2.13. The fourth-order valence-electron chi connectivity index (χ4n) is 1.68. The first-order valence-electron chi connectivity index (χ1n) is 6.32. The van der Waals surface area contributed by atoms with Crippen LogP contribution in [0.5, 0.6) is 0 Å². The summed E-state index contributed by atoms with van der Waals surface area (Å²) in [5.41, 5.74) is 0.792. The Kier molecular flexibility index (Phi) is 4.83. The third-order valence-corrected chi connectivity index (χ3v) is 2.74. The molecule has 0 atom stereocenters. The molecule has 0 saturated carbocycles. The van der Waals surface area contributed by atoms with E-state index in [-0.39, 0.29) is 5.56 Å².